The fourth-order valence-corrected chi connectivity index (χ4v) is 4.31. The van der Waals surface area contributed by atoms with Crippen LogP contribution in [-0.4, -0.2) is 37.5 Å². The SMILES string of the molecule is COc1ccccc1NC(=O)CSc1nc2c(c(=O)n(C)c(=O)n2C)n1Cc1ccccc1. The van der Waals surface area contributed by atoms with E-state index in [1.54, 1.807) is 29.8 Å². The van der Waals surface area contributed by atoms with Crippen molar-refractivity contribution in [2.24, 2.45) is 14.1 Å². The minimum atomic E-state index is -0.456. The number of imidazole rings is 1. The van der Waals surface area contributed by atoms with Gasteiger partial charge in [-0.25, -0.2) is 9.78 Å². The van der Waals surface area contributed by atoms with Crippen molar-refractivity contribution < 1.29 is 9.53 Å². The first kappa shape index (κ1) is 22.4. The van der Waals surface area contributed by atoms with Gasteiger partial charge < -0.3 is 14.6 Å². The molecule has 2 aromatic heterocycles. The van der Waals surface area contributed by atoms with Crippen molar-refractivity contribution in [3.63, 3.8) is 0 Å². The Bertz CT molecular complexity index is 1440. The molecule has 0 atom stereocenters. The van der Waals surface area contributed by atoms with Crippen LogP contribution in [0.2, 0.25) is 0 Å². The fraction of sp³-hybridized carbons (Fsp3) is 0.217. The van der Waals surface area contributed by atoms with Crippen LogP contribution in [0.4, 0.5) is 5.69 Å². The van der Waals surface area contributed by atoms with Crippen LogP contribution in [0.3, 0.4) is 0 Å². The lowest BCUT2D eigenvalue weighted by Crippen LogP contribution is -2.37. The van der Waals surface area contributed by atoms with E-state index in [9.17, 15) is 14.4 Å². The zero-order valence-electron chi connectivity index (χ0n) is 18.4. The summed E-state index contributed by atoms with van der Waals surface area (Å²) >= 11 is 1.20. The predicted octanol–water partition coefficient (Wildman–Crippen LogP) is 2.22. The average Bonchev–Trinajstić information content (AvgIpc) is 3.19. The Morgan fingerprint density at radius 2 is 1.73 bits per heavy atom. The molecule has 0 radical (unpaired) electrons. The highest BCUT2D eigenvalue weighted by Crippen LogP contribution is 2.25. The standard InChI is InChI=1S/C23H23N5O4S/c1-26-20-19(21(30)27(2)23(26)31)28(13-15-9-5-4-6-10-15)22(25-20)33-14-18(29)24-16-11-7-8-12-17(16)32-3/h4-12H,13-14H2,1-3H3,(H,24,29). The van der Waals surface area contributed by atoms with Gasteiger partial charge in [0.2, 0.25) is 5.91 Å². The van der Waals surface area contributed by atoms with Crippen LogP contribution in [0.15, 0.2) is 69.3 Å². The molecule has 0 aliphatic heterocycles. The molecular formula is C23H23N5O4S. The first-order chi connectivity index (χ1) is 15.9. The van der Waals surface area contributed by atoms with E-state index < -0.39 is 11.2 Å². The maximum atomic E-state index is 13.0. The number of nitrogens with one attached hydrogen (secondary N) is 1. The van der Waals surface area contributed by atoms with Gasteiger partial charge in [-0.15, -0.1) is 0 Å². The summed E-state index contributed by atoms with van der Waals surface area (Å²) in [7, 11) is 4.56. The highest BCUT2D eigenvalue weighted by molar-refractivity contribution is 7.99. The molecule has 170 valence electrons. The van der Waals surface area contributed by atoms with Crippen molar-refractivity contribution >= 4 is 34.5 Å². The number of nitrogens with zero attached hydrogens (tertiary/aromatic N) is 4. The van der Waals surface area contributed by atoms with Crippen molar-refractivity contribution in [1.82, 2.24) is 18.7 Å². The summed E-state index contributed by atoms with van der Waals surface area (Å²) in [6, 6.07) is 16.8. The number of carbonyl (C=O) groups excluding carboxylic acids is 1. The van der Waals surface area contributed by atoms with Crippen LogP contribution in [0.5, 0.6) is 5.75 Å². The van der Waals surface area contributed by atoms with Gasteiger partial charge in [-0.3, -0.25) is 18.7 Å². The summed E-state index contributed by atoms with van der Waals surface area (Å²) in [5, 5.41) is 3.31. The minimum absolute atomic E-state index is 0.0599. The quantitative estimate of drug-likeness (QED) is 0.420. The molecule has 2 heterocycles. The van der Waals surface area contributed by atoms with Gasteiger partial charge in [-0.05, 0) is 17.7 Å². The summed E-state index contributed by atoms with van der Waals surface area (Å²) in [4.78, 5) is 42.6. The molecule has 1 N–H and O–H groups in total. The van der Waals surface area contributed by atoms with Crippen LogP contribution in [-0.2, 0) is 25.4 Å². The summed E-state index contributed by atoms with van der Waals surface area (Å²) in [6.07, 6.45) is 0. The number of anilines is 1. The van der Waals surface area contributed by atoms with Crippen LogP contribution < -0.4 is 21.3 Å². The van der Waals surface area contributed by atoms with Gasteiger partial charge in [0, 0.05) is 14.1 Å². The molecule has 4 aromatic rings. The van der Waals surface area contributed by atoms with E-state index in [2.05, 4.69) is 10.3 Å². The molecule has 1 amide bonds. The predicted molar refractivity (Wildman–Crippen MR) is 128 cm³/mol. The number of carbonyl (C=O) groups is 1. The third-order valence-electron chi connectivity index (χ3n) is 5.21. The molecule has 0 saturated heterocycles. The summed E-state index contributed by atoms with van der Waals surface area (Å²) in [5.41, 5.74) is 1.25. The lowest BCUT2D eigenvalue weighted by Gasteiger charge is -2.11. The second-order valence-corrected chi connectivity index (χ2v) is 8.32. The number of benzene rings is 2. The lowest BCUT2D eigenvalue weighted by molar-refractivity contribution is -0.113. The average molecular weight is 466 g/mol. The van der Waals surface area contributed by atoms with E-state index >= 15 is 0 Å². The second kappa shape index (κ2) is 9.37. The van der Waals surface area contributed by atoms with E-state index in [1.165, 1.54) is 30.5 Å². The lowest BCUT2D eigenvalue weighted by atomic mass is 10.2. The summed E-state index contributed by atoms with van der Waals surface area (Å²) in [6.45, 7) is 0.376. The molecular weight excluding hydrogens is 442 g/mol. The van der Waals surface area contributed by atoms with E-state index in [0.29, 0.717) is 28.7 Å². The van der Waals surface area contributed by atoms with Gasteiger partial charge in [-0.2, -0.15) is 0 Å². The van der Waals surface area contributed by atoms with Crippen molar-refractivity contribution in [3.05, 3.63) is 81.0 Å². The number of rotatable bonds is 7. The largest absolute Gasteiger partial charge is 0.495 e. The third-order valence-corrected chi connectivity index (χ3v) is 6.19. The Morgan fingerprint density at radius 1 is 1.03 bits per heavy atom. The Labute approximate surface area is 193 Å². The molecule has 0 fully saturated rings. The number of hydrogen-bond acceptors (Lipinski definition) is 6. The molecule has 9 nitrogen and oxygen atoms in total. The zero-order valence-corrected chi connectivity index (χ0v) is 19.3. The van der Waals surface area contributed by atoms with Crippen molar-refractivity contribution in [2.75, 3.05) is 18.2 Å². The van der Waals surface area contributed by atoms with Gasteiger partial charge >= 0.3 is 5.69 Å². The van der Waals surface area contributed by atoms with Crippen LogP contribution in [0.1, 0.15) is 5.56 Å². The minimum Gasteiger partial charge on any atom is -0.495 e. The smallest absolute Gasteiger partial charge is 0.332 e. The first-order valence-corrected chi connectivity index (χ1v) is 11.1. The van der Waals surface area contributed by atoms with E-state index in [-0.39, 0.29) is 17.3 Å². The van der Waals surface area contributed by atoms with Gasteiger partial charge in [0.1, 0.15) is 5.75 Å². The number of aryl methyl sites for hydroxylation is 1. The van der Waals surface area contributed by atoms with Gasteiger partial charge in [0.25, 0.3) is 5.56 Å². The van der Waals surface area contributed by atoms with Crippen molar-refractivity contribution in [1.29, 1.82) is 0 Å². The molecule has 2 aromatic carbocycles. The molecule has 0 saturated carbocycles. The molecule has 0 bridgehead atoms. The zero-order chi connectivity index (χ0) is 23.5. The topological polar surface area (TPSA) is 100 Å². The maximum Gasteiger partial charge on any atom is 0.332 e. The number of para-hydroxylation sites is 2. The van der Waals surface area contributed by atoms with E-state index in [4.69, 9.17) is 4.74 Å². The van der Waals surface area contributed by atoms with Crippen molar-refractivity contribution in [3.8, 4) is 5.75 Å². The molecule has 0 unspecified atom stereocenters. The molecule has 0 aliphatic carbocycles. The Balaban J connectivity index is 1.69. The summed E-state index contributed by atoms with van der Waals surface area (Å²) in [5.74, 6) is 0.375. The number of hydrogen-bond donors (Lipinski definition) is 1. The number of ether oxygens (including phenoxy) is 1. The van der Waals surface area contributed by atoms with Crippen LogP contribution in [0.25, 0.3) is 11.2 Å². The fourth-order valence-electron chi connectivity index (χ4n) is 3.51. The van der Waals surface area contributed by atoms with Gasteiger partial charge in [0.15, 0.2) is 16.3 Å². The maximum absolute atomic E-state index is 13.0. The van der Waals surface area contributed by atoms with Gasteiger partial charge in [0.05, 0.1) is 25.1 Å². The number of amides is 1. The first-order valence-electron chi connectivity index (χ1n) is 10.2. The molecule has 10 heteroatoms. The third kappa shape index (κ3) is 4.42. The van der Waals surface area contributed by atoms with E-state index in [0.717, 1.165) is 10.1 Å². The van der Waals surface area contributed by atoms with Crippen molar-refractivity contribution in [2.45, 2.75) is 11.7 Å². The number of methoxy groups -OCH3 is 1. The highest BCUT2D eigenvalue weighted by atomic mass is 32.2. The number of fused-ring (bicyclic) bond motifs is 1. The summed E-state index contributed by atoms with van der Waals surface area (Å²) < 4.78 is 9.44. The Hall–Kier alpha value is -3.79. The van der Waals surface area contributed by atoms with Crippen LogP contribution in [0, 0.1) is 0 Å². The van der Waals surface area contributed by atoms with E-state index in [1.807, 2.05) is 36.4 Å². The molecule has 0 aliphatic rings. The normalized spacial score (nSPS) is 11.0. The molecule has 4 rings (SSSR count). The Kier molecular flexibility index (Phi) is 6.36. The monoisotopic (exact) mass is 465 g/mol. The number of aromatic nitrogens is 4. The van der Waals surface area contributed by atoms with Crippen LogP contribution >= 0.6 is 11.8 Å². The highest BCUT2D eigenvalue weighted by Gasteiger charge is 2.20. The molecule has 0 spiro atoms. The Morgan fingerprint density at radius 3 is 2.45 bits per heavy atom. The molecule has 33 heavy (non-hydrogen) atoms. The number of thioether (sulfide) groups is 1. The van der Waals surface area contributed by atoms with Gasteiger partial charge in [-0.1, -0.05) is 54.2 Å². The second-order valence-electron chi connectivity index (χ2n) is 7.38.